The number of carbonyl (C=O) groups is 2. The number of aryl methyl sites for hydroxylation is 1. The Morgan fingerprint density at radius 2 is 1.49 bits per heavy atom. The fraction of sp³-hybridized carbons (Fsp3) is 0.429. The van der Waals surface area contributed by atoms with Crippen molar-refractivity contribution in [1.82, 2.24) is 10.2 Å². The molecular formula is C35H45N3O8S. The van der Waals surface area contributed by atoms with Gasteiger partial charge < -0.3 is 29.2 Å². The molecule has 1 N–H and O–H groups in total. The lowest BCUT2D eigenvalue weighted by Gasteiger charge is -2.34. The minimum Gasteiger partial charge on any atom is -0.497 e. The van der Waals surface area contributed by atoms with Crippen LogP contribution in [0.4, 0.5) is 5.69 Å². The summed E-state index contributed by atoms with van der Waals surface area (Å²) in [5, 5.41) is 3.13. The van der Waals surface area contributed by atoms with E-state index in [0.717, 1.165) is 41.1 Å². The molecule has 0 saturated heterocycles. The molecule has 1 saturated carbocycles. The Morgan fingerprint density at radius 1 is 0.851 bits per heavy atom. The van der Waals surface area contributed by atoms with Crippen LogP contribution in [0.2, 0.25) is 0 Å². The summed E-state index contributed by atoms with van der Waals surface area (Å²) in [7, 11) is 1.30. The highest BCUT2D eigenvalue weighted by molar-refractivity contribution is 7.92. The van der Waals surface area contributed by atoms with E-state index < -0.39 is 28.5 Å². The van der Waals surface area contributed by atoms with Crippen LogP contribution in [-0.4, -0.2) is 72.2 Å². The SMILES string of the molecule is CCC(C(=O)NC1CCCC1)N(Cc1ccc(C)cc1)C(=O)CN(c1cc(OC)ccc1OC)S(=O)(=O)c1ccc(OC)c(OC)c1. The average Bonchev–Trinajstić information content (AvgIpc) is 3.60. The molecule has 3 aromatic carbocycles. The molecule has 1 atom stereocenters. The standard InChI is InChI=1S/C35H45N3O8S/c1-7-29(35(40)36-26-10-8-9-11-26)37(22-25-14-12-24(2)13-15-25)34(39)23-38(30-20-27(43-3)16-18-31(30)44-4)47(41,42)28-17-19-32(45-5)33(21-28)46-6/h12-21,26,29H,7-11,22-23H2,1-6H3,(H,36,40). The molecule has 47 heavy (non-hydrogen) atoms. The second-order valence-corrected chi connectivity index (χ2v) is 13.3. The molecule has 11 nitrogen and oxygen atoms in total. The molecule has 3 aromatic rings. The average molecular weight is 668 g/mol. The second kappa shape index (κ2) is 15.9. The van der Waals surface area contributed by atoms with Crippen molar-refractivity contribution in [3.05, 3.63) is 71.8 Å². The van der Waals surface area contributed by atoms with Gasteiger partial charge in [0.1, 0.15) is 24.1 Å². The van der Waals surface area contributed by atoms with E-state index in [0.29, 0.717) is 17.9 Å². The molecule has 1 aliphatic rings. The number of amides is 2. The van der Waals surface area contributed by atoms with E-state index in [-0.39, 0.29) is 40.6 Å². The summed E-state index contributed by atoms with van der Waals surface area (Å²) < 4.78 is 51.7. The van der Waals surface area contributed by atoms with Crippen LogP contribution in [-0.2, 0) is 26.2 Å². The quantitative estimate of drug-likeness (QED) is 0.238. The highest BCUT2D eigenvalue weighted by Crippen LogP contribution is 2.38. The Hall–Kier alpha value is -4.45. The maximum absolute atomic E-state index is 14.5. The van der Waals surface area contributed by atoms with Gasteiger partial charge in [-0.25, -0.2) is 8.42 Å². The topological polar surface area (TPSA) is 124 Å². The predicted molar refractivity (Wildman–Crippen MR) is 180 cm³/mol. The molecule has 1 fully saturated rings. The second-order valence-electron chi connectivity index (χ2n) is 11.5. The molecule has 1 unspecified atom stereocenters. The summed E-state index contributed by atoms with van der Waals surface area (Å²) in [6.45, 7) is 3.29. The van der Waals surface area contributed by atoms with Crippen molar-refractivity contribution < 1.29 is 37.0 Å². The van der Waals surface area contributed by atoms with Crippen molar-refractivity contribution >= 4 is 27.5 Å². The molecule has 2 amide bonds. The first-order valence-electron chi connectivity index (χ1n) is 15.7. The van der Waals surface area contributed by atoms with Gasteiger partial charge in [-0.05, 0) is 56.0 Å². The van der Waals surface area contributed by atoms with E-state index >= 15 is 0 Å². The summed E-state index contributed by atoms with van der Waals surface area (Å²) >= 11 is 0. The Morgan fingerprint density at radius 3 is 2.09 bits per heavy atom. The highest BCUT2D eigenvalue weighted by Gasteiger charge is 2.36. The maximum Gasteiger partial charge on any atom is 0.265 e. The fourth-order valence-electron chi connectivity index (χ4n) is 5.79. The zero-order valence-corrected chi connectivity index (χ0v) is 28.8. The molecule has 254 valence electrons. The fourth-order valence-corrected chi connectivity index (χ4v) is 7.22. The van der Waals surface area contributed by atoms with E-state index in [1.807, 2.05) is 38.1 Å². The molecule has 0 radical (unpaired) electrons. The number of ether oxygens (including phenoxy) is 4. The van der Waals surface area contributed by atoms with Crippen molar-refractivity contribution in [2.75, 3.05) is 39.3 Å². The van der Waals surface area contributed by atoms with Gasteiger partial charge in [-0.15, -0.1) is 0 Å². The molecule has 12 heteroatoms. The van der Waals surface area contributed by atoms with Crippen LogP contribution >= 0.6 is 0 Å². The Balaban J connectivity index is 1.81. The third kappa shape index (κ3) is 8.29. The number of benzene rings is 3. The van der Waals surface area contributed by atoms with Crippen LogP contribution in [0.1, 0.15) is 50.2 Å². The largest absolute Gasteiger partial charge is 0.497 e. The third-order valence-electron chi connectivity index (χ3n) is 8.44. The monoisotopic (exact) mass is 667 g/mol. The van der Waals surface area contributed by atoms with Crippen molar-refractivity contribution in [2.45, 2.75) is 69.5 Å². The Labute approximate surface area is 277 Å². The summed E-state index contributed by atoms with van der Waals surface area (Å²) in [5.74, 6) is 0.295. The van der Waals surface area contributed by atoms with Gasteiger partial charge in [-0.3, -0.25) is 13.9 Å². The van der Waals surface area contributed by atoms with Crippen LogP contribution in [0.3, 0.4) is 0 Å². The number of sulfonamides is 1. The van der Waals surface area contributed by atoms with Gasteiger partial charge in [0.25, 0.3) is 10.0 Å². The van der Waals surface area contributed by atoms with Gasteiger partial charge in [0, 0.05) is 24.7 Å². The number of methoxy groups -OCH3 is 4. The van der Waals surface area contributed by atoms with Gasteiger partial charge in [0.15, 0.2) is 11.5 Å². The van der Waals surface area contributed by atoms with E-state index in [1.165, 1.54) is 57.6 Å². The van der Waals surface area contributed by atoms with Crippen molar-refractivity contribution in [3.63, 3.8) is 0 Å². The Bertz CT molecular complexity index is 1640. The summed E-state index contributed by atoms with van der Waals surface area (Å²) in [6, 6.07) is 15.8. The number of nitrogens with one attached hydrogen (secondary N) is 1. The molecule has 0 aliphatic heterocycles. The number of rotatable bonds is 15. The molecular weight excluding hydrogens is 622 g/mol. The van der Waals surface area contributed by atoms with E-state index in [9.17, 15) is 18.0 Å². The number of carbonyl (C=O) groups excluding carboxylic acids is 2. The van der Waals surface area contributed by atoms with E-state index in [2.05, 4.69) is 5.32 Å². The van der Waals surface area contributed by atoms with Crippen LogP contribution in [0.5, 0.6) is 23.0 Å². The summed E-state index contributed by atoms with van der Waals surface area (Å²) in [4.78, 5) is 29.6. The number of anilines is 1. The van der Waals surface area contributed by atoms with Gasteiger partial charge in [0.2, 0.25) is 11.8 Å². The minimum atomic E-state index is -4.43. The van der Waals surface area contributed by atoms with E-state index in [4.69, 9.17) is 18.9 Å². The highest BCUT2D eigenvalue weighted by atomic mass is 32.2. The van der Waals surface area contributed by atoms with E-state index in [1.54, 1.807) is 12.1 Å². The molecule has 0 aromatic heterocycles. The Kier molecular flexibility index (Phi) is 12.0. The maximum atomic E-state index is 14.5. The third-order valence-corrected chi connectivity index (χ3v) is 10.2. The van der Waals surface area contributed by atoms with Gasteiger partial charge in [-0.1, -0.05) is 49.6 Å². The van der Waals surface area contributed by atoms with Crippen LogP contribution < -0.4 is 28.6 Å². The number of hydrogen-bond donors (Lipinski definition) is 1. The lowest BCUT2D eigenvalue weighted by Crippen LogP contribution is -2.53. The van der Waals surface area contributed by atoms with Crippen LogP contribution in [0, 0.1) is 6.92 Å². The molecule has 1 aliphatic carbocycles. The first-order valence-corrected chi connectivity index (χ1v) is 17.1. The predicted octanol–water partition coefficient (Wildman–Crippen LogP) is 5.09. The molecule has 4 rings (SSSR count). The molecule has 0 spiro atoms. The van der Waals surface area contributed by atoms with Crippen molar-refractivity contribution in [2.24, 2.45) is 0 Å². The number of nitrogens with zero attached hydrogens (tertiary/aromatic N) is 2. The zero-order valence-electron chi connectivity index (χ0n) is 27.9. The first kappa shape index (κ1) is 35.4. The normalized spacial score (nSPS) is 13.8. The van der Waals surface area contributed by atoms with Gasteiger partial charge in [0.05, 0.1) is 39.0 Å². The van der Waals surface area contributed by atoms with Gasteiger partial charge >= 0.3 is 0 Å². The summed E-state index contributed by atoms with van der Waals surface area (Å²) in [5.41, 5.74) is 1.95. The lowest BCUT2D eigenvalue weighted by atomic mass is 10.1. The number of hydrogen-bond acceptors (Lipinski definition) is 8. The summed E-state index contributed by atoms with van der Waals surface area (Å²) in [6.07, 6.45) is 4.20. The van der Waals surface area contributed by atoms with Crippen molar-refractivity contribution in [3.8, 4) is 23.0 Å². The lowest BCUT2D eigenvalue weighted by molar-refractivity contribution is -0.140. The molecule has 0 heterocycles. The zero-order chi connectivity index (χ0) is 34.1. The van der Waals surface area contributed by atoms with Crippen LogP contribution in [0.15, 0.2) is 65.6 Å². The van der Waals surface area contributed by atoms with Crippen LogP contribution in [0.25, 0.3) is 0 Å². The minimum absolute atomic E-state index is 0.0517. The molecule has 0 bridgehead atoms. The van der Waals surface area contributed by atoms with Crippen molar-refractivity contribution in [1.29, 1.82) is 0 Å². The first-order chi connectivity index (χ1) is 22.6. The van der Waals surface area contributed by atoms with Gasteiger partial charge in [-0.2, -0.15) is 0 Å². The smallest absolute Gasteiger partial charge is 0.265 e.